The lowest BCUT2D eigenvalue weighted by Crippen LogP contribution is -2.48. The van der Waals surface area contributed by atoms with Gasteiger partial charge in [-0.25, -0.2) is 0 Å². The molecule has 3 aliphatic carbocycles. The number of pyridine rings is 1. The molecule has 1 aromatic heterocycles. The molecular formula is C14H19N. The first kappa shape index (κ1) is 9.38. The lowest BCUT2D eigenvalue weighted by molar-refractivity contribution is 0.0153. The quantitative estimate of drug-likeness (QED) is 0.679. The van der Waals surface area contributed by atoms with E-state index in [9.17, 15) is 0 Å². The van der Waals surface area contributed by atoms with Crippen molar-refractivity contribution in [2.24, 2.45) is 11.3 Å². The molecule has 1 nitrogen and oxygen atoms in total. The zero-order valence-corrected chi connectivity index (χ0v) is 9.88. The van der Waals surface area contributed by atoms with Gasteiger partial charge >= 0.3 is 0 Å². The normalized spacial score (nSPS) is 30.6. The average molecular weight is 201 g/mol. The van der Waals surface area contributed by atoms with Gasteiger partial charge in [-0.05, 0) is 42.2 Å². The molecule has 1 heterocycles. The van der Waals surface area contributed by atoms with Crippen molar-refractivity contribution in [1.29, 1.82) is 0 Å². The molecule has 2 atom stereocenters. The van der Waals surface area contributed by atoms with Gasteiger partial charge in [-0.15, -0.1) is 0 Å². The summed E-state index contributed by atoms with van der Waals surface area (Å²) in [5.41, 5.74) is 4.70. The van der Waals surface area contributed by atoms with Gasteiger partial charge in [0, 0.05) is 17.3 Å². The predicted molar refractivity (Wildman–Crippen MR) is 61.9 cm³/mol. The maximum Gasteiger partial charge on any atom is 0.0475 e. The molecule has 1 aromatic rings. The van der Waals surface area contributed by atoms with Crippen LogP contribution >= 0.6 is 0 Å². The highest BCUT2D eigenvalue weighted by Crippen LogP contribution is 2.61. The molecule has 0 N–H and O–H groups in total. The van der Waals surface area contributed by atoms with Crippen LogP contribution < -0.4 is 0 Å². The van der Waals surface area contributed by atoms with Gasteiger partial charge in [-0.3, -0.25) is 4.98 Å². The molecule has 0 radical (unpaired) electrons. The Balaban J connectivity index is 2.07. The summed E-state index contributed by atoms with van der Waals surface area (Å²) in [4.78, 5) is 4.85. The largest absolute Gasteiger partial charge is 0.257 e. The zero-order chi connectivity index (χ0) is 10.6. The third kappa shape index (κ3) is 1.12. The Kier molecular flexibility index (Phi) is 1.78. The van der Waals surface area contributed by atoms with E-state index in [1.165, 1.54) is 29.8 Å². The van der Waals surface area contributed by atoms with E-state index in [1.54, 1.807) is 0 Å². The Bertz CT molecular complexity index is 406. The van der Waals surface area contributed by atoms with Crippen LogP contribution in [0.1, 0.15) is 50.1 Å². The molecule has 80 valence electrons. The van der Waals surface area contributed by atoms with Crippen LogP contribution in [-0.2, 0) is 12.8 Å². The van der Waals surface area contributed by atoms with Crippen LogP contribution in [0, 0.1) is 11.3 Å². The minimum atomic E-state index is 0.506. The second-order valence-corrected chi connectivity index (χ2v) is 5.71. The summed E-state index contributed by atoms with van der Waals surface area (Å²) in [5.74, 6) is 1.64. The number of hydrogen-bond acceptors (Lipinski definition) is 1. The molecule has 0 amide bonds. The van der Waals surface area contributed by atoms with Gasteiger partial charge in [0.15, 0.2) is 0 Å². The molecule has 1 fully saturated rings. The molecule has 2 bridgehead atoms. The highest BCUT2D eigenvalue weighted by atomic mass is 14.8. The monoisotopic (exact) mass is 201 g/mol. The van der Waals surface area contributed by atoms with E-state index in [0.29, 0.717) is 5.41 Å². The minimum Gasteiger partial charge on any atom is -0.257 e. The third-order valence-corrected chi connectivity index (χ3v) is 4.70. The first-order valence-electron chi connectivity index (χ1n) is 6.11. The highest BCUT2D eigenvalue weighted by molar-refractivity contribution is 5.36. The fraction of sp³-hybridized carbons (Fsp3) is 0.643. The standard InChI is InChI=1S/C14H19N/c1-4-11-6-5-9-7-10-8-12(13(9)15-11)14(10,2)3/h5-6,10,12H,4,7-8H2,1-3H3/t10-,12-/m1/s1. The van der Waals surface area contributed by atoms with E-state index in [-0.39, 0.29) is 0 Å². The molecular weight excluding hydrogens is 182 g/mol. The van der Waals surface area contributed by atoms with E-state index in [0.717, 1.165) is 18.3 Å². The number of rotatable bonds is 1. The number of hydrogen-bond donors (Lipinski definition) is 0. The van der Waals surface area contributed by atoms with Gasteiger partial charge in [-0.2, -0.15) is 0 Å². The fourth-order valence-corrected chi connectivity index (χ4v) is 3.31. The molecule has 0 spiro atoms. The Morgan fingerprint density at radius 1 is 1.40 bits per heavy atom. The van der Waals surface area contributed by atoms with E-state index in [2.05, 4.69) is 32.9 Å². The molecule has 0 saturated heterocycles. The molecule has 0 aromatic carbocycles. The first-order valence-corrected chi connectivity index (χ1v) is 6.11. The average Bonchev–Trinajstić information content (AvgIpc) is 2.27. The molecule has 0 unspecified atom stereocenters. The van der Waals surface area contributed by atoms with Gasteiger partial charge in [-0.1, -0.05) is 26.8 Å². The molecule has 15 heavy (non-hydrogen) atoms. The Hall–Kier alpha value is -0.850. The van der Waals surface area contributed by atoms with Gasteiger partial charge < -0.3 is 0 Å². The van der Waals surface area contributed by atoms with Crippen molar-refractivity contribution in [3.05, 3.63) is 29.1 Å². The molecule has 1 heteroatoms. The Labute approximate surface area is 91.9 Å². The SMILES string of the molecule is CCc1ccc2c(n1)[C@H]1C[C@@H](C2)C1(C)C. The molecule has 3 aliphatic rings. The van der Waals surface area contributed by atoms with E-state index < -0.39 is 0 Å². The van der Waals surface area contributed by atoms with Gasteiger partial charge in [0.1, 0.15) is 0 Å². The summed E-state index contributed by atoms with van der Waals surface area (Å²) in [6.07, 6.45) is 3.69. The number of nitrogens with zero attached hydrogens (tertiary/aromatic N) is 1. The van der Waals surface area contributed by atoms with Gasteiger partial charge in [0.05, 0.1) is 0 Å². The molecule has 4 rings (SSSR count). The highest BCUT2D eigenvalue weighted by Gasteiger charge is 2.53. The van der Waals surface area contributed by atoms with Crippen LogP contribution in [0.25, 0.3) is 0 Å². The van der Waals surface area contributed by atoms with Gasteiger partial charge in [0.25, 0.3) is 0 Å². The first-order chi connectivity index (χ1) is 7.13. The Morgan fingerprint density at radius 2 is 2.20 bits per heavy atom. The summed E-state index contributed by atoms with van der Waals surface area (Å²) in [5, 5.41) is 0. The van der Waals surface area contributed by atoms with E-state index in [4.69, 9.17) is 4.98 Å². The van der Waals surface area contributed by atoms with Crippen molar-refractivity contribution in [2.75, 3.05) is 0 Å². The van der Waals surface area contributed by atoms with Crippen LogP contribution in [0.2, 0.25) is 0 Å². The Morgan fingerprint density at radius 3 is 2.87 bits per heavy atom. The fourth-order valence-electron chi connectivity index (χ4n) is 3.31. The van der Waals surface area contributed by atoms with Crippen molar-refractivity contribution < 1.29 is 0 Å². The van der Waals surface area contributed by atoms with Crippen molar-refractivity contribution in [2.45, 2.75) is 46.0 Å². The van der Waals surface area contributed by atoms with E-state index >= 15 is 0 Å². The smallest absolute Gasteiger partial charge is 0.0475 e. The number of aryl methyl sites for hydroxylation is 1. The van der Waals surface area contributed by atoms with Crippen LogP contribution in [0.3, 0.4) is 0 Å². The third-order valence-electron chi connectivity index (χ3n) is 4.70. The maximum atomic E-state index is 4.85. The zero-order valence-electron chi connectivity index (χ0n) is 9.88. The second kappa shape index (κ2) is 2.84. The predicted octanol–water partition coefficient (Wildman–Crippen LogP) is 3.33. The van der Waals surface area contributed by atoms with Gasteiger partial charge in [0.2, 0.25) is 0 Å². The summed E-state index contributed by atoms with van der Waals surface area (Å²) in [7, 11) is 0. The van der Waals surface area contributed by atoms with Crippen LogP contribution in [0.4, 0.5) is 0 Å². The summed E-state index contributed by atoms with van der Waals surface area (Å²) in [6.45, 7) is 7.01. The minimum absolute atomic E-state index is 0.506. The van der Waals surface area contributed by atoms with Crippen LogP contribution in [0.5, 0.6) is 0 Å². The summed E-state index contributed by atoms with van der Waals surface area (Å²) in [6, 6.07) is 4.52. The van der Waals surface area contributed by atoms with Crippen LogP contribution in [0.15, 0.2) is 12.1 Å². The summed E-state index contributed by atoms with van der Waals surface area (Å²) >= 11 is 0. The van der Waals surface area contributed by atoms with Crippen molar-refractivity contribution >= 4 is 0 Å². The maximum absolute atomic E-state index is 4.85. The number of aromatic nitrogens is 1. The van der Waals surface area contributed by atoms with Crippen molar-refractivity contribution in [1.82, 2.24) is 4.98 Å². The second-order valence-electron chi connectivity index (χ2n) is 5.71. The molecule has 1 saturated carbocycles. The van der Waals surface area contributed by atoms with Crippen molar-refractivity contribution in [3.8, 4) is 0 Å². The topological polar surface area (TPSA) is 12.9 Å². The lowest BCUT2D eigenvalue weighted by atomic mass is 9.48. The molecule has 0 aliphatic heterocycles. The lowest BCUT2D eigenvalue weighted by Gasteiger charge is -2.56. The van der Waals surface area contributed by atoms with Crippen LogP contribution in [-0.4, -0.2) is 4.98 Å². The summed E-state index contributed by atoms with van der Waals surface area (Å²) < 4.78 is 0. The van der Waals surface area contributed by atoms with Crippen molar-refractivity contribution in [3.63, 3.8) is 0 Å². The van der Waals surface area contributed by atoms with E-state index in [1.807, 2.05) is 0 Å².